The molecule has 1 heterocycles. The van der Waals surface area contributed by atoms with Gasteiger partial charge in [0.1, 0.15) is 0 Å². The maximum Gasteiger partial charge on any atom is 0.233 e. The Morgan fingerprint density at radius 1 is 1.35 bits per heavy atom. The number of hydrogen-bond donors (Lipinski definition) is 1. The van der Waals surface area contributed by atoms with Gasteiger partial charge in [-0.2, -0.15) is 0 Å². The summed E-state index contributed by atoms with van der Waals surface area (Å²) >= 11 is 0. The van der Waals surface area contributed by atoms with Crippen LogP contribution >= 0.6 is 0 Å². The zero-order chi connectivity index (χ0) is 14.7. The fourth-order valence-corrected chi connectivity index (χ4v) is 2.53. The molecule has 1 N–H and O–H groups in total. The molecule has 2 aliphatic rings. The zero-order valence-electron chi connectivity index (χ0n) is 12.0. The van der Waals surface area contributed by atoms with Gasteiger partial charge in [-0.05, 0) is 32.1 Å². The molecule has 1 saturated carbocycles. The Balaban J connectivity index is 1.73. The summed E-state index contributed by atoms with van der Waals surface area (Å²) in [5.41, 5.74) is 1.02. The van der Waals surface area contributed by atoms with E-state index in [2.05, 4.69) is 11.9 Å². The number of likely N-dealkylation sites (tertiary alicyclic amines) is 1. The Morgan fingerprint density at radius 3 is 2.65 bits per heavy atom. The highest BCUT2D eigenvalue weighted by Gasteiger charge is 2.46. The van der Waals surface area contributed by atoms with E-state index in [0.717, 1.165) is 24.8 Å². The van der Waals surface area contributed by atoms with Gasteiger partial charge >= 0.3 is 0 Å². The number of hydrogen-bond acceptors (Lipinski definition) is 3. The van der Waals surface area contributed by atoms with Crippen molar-refractivity contribution in [1.29, 1.82) is 0 Å². The Labute approximate surface area is 119 Å². The molecule has 0 aromatic carbocycles. The molecular weight excluding hydrogens is 256 g/mol. The number of nitrogens with zero attached hydrogens (tertiary/aromatic N) is 1. The number of carbonyl (C=O) groups excluding carboxylic acids is 3. The van der Waals surface area contributed by atoms with Gasteiger partial charge in [0.2, 0.25) is 17.7 Å². The van der Waals surface area contributed by atoms with Crippen molar-refractivity contribution in [1.82, 2.24) is 10.2 Å². The molecule has 1 atom stereocenters. The van der Waals surface area contributed by atoms with E-state index in [1.807, 2.05) is 6.92 Å². The molecule has 1 saturated heterocycles. The third kappa shape index (κ3) is 3.68. The van der Waals surface area contributed by atoms with Crippen molar-refractivity contribution < 1.29 is 14.4 Å². The monoisotopic (exact) mass is 278 g/mol. The van der Waals surface area contributed by atoms with Crippen LogP contribution in [-0.2, 0) is 14.4 Å². The van der Waals surface area contributed by atoms with Crippen LogP contribution in [0.5, 0.6) is 0 Å². The zero-order valence-corrected chi connectivity index (χ0v) is 12.0. The SMILES string of the molecule is C=C(C)CCNC(=O)CCN1C(=O)CC(C2CC2)C1=O. The van der Waals surface area contributed by atoms with Crippen LogP contribution in [0.4, 0.5) is 0 Å². The third-order valence-corrected chi connectivity index (χ3v) is 3.91. The highest BCUT2D eigenvalue weighted by atomic mass is 16.2. The number of amides is 3. The molecule has 110 valence electrons. The lowest BCUT2D eigenvalue weighted by molar-refractivity contribution is -0.139. The van der Waals surface area contributed by atoms with E-state index in [4.69, 9.17) is 0 Å². The summed E-state index contributed by atoms with van der Waals surface area (Å²) in [5, 5.41) is 2.76. The molecule has 2 fully saturated rings. The van der Waals surface area contributed by atoms with E-state index in [9.17, 15) is 14.4 Å². The van der Waals surface area contributed by atoms with Gasteiger partial charge in [0.05, 0.1) is 5.92 Å². The molecule has 3 amide bonds. The van der Waals surface area contributed by atoms with Crippen molar-refractivity contribution in [2.45, 2.75) is 39.0 Å². The molecule has 1 aliphatic heterocycles. The van der Waals surface area contributed by atoms with E-state index in [1.54, 1.807) is 0 Å². The molecule has 2 rings (SSSR count). The second-order valence-corrected chi connectivity index (χ2v) is 5.84. The van der Waals surface area contributed by atoms with E-state index in [1.165, 1.54) is 4.90 Å². The summed E-state index contributed by atoms with van der Waals surface area (Å²) in [4.78, 5) is 36.8. The molecule has 1 unspecified atom stereocenters. The normalized spacial score (nSPS) is 22.2. The highest BCUT2D eigenvalue weighted by molar-refractivity contribution is 6.04. The molecule has 5 nitrogen and oxygen atoms in total. The first-order chi connectivity index (χ1) is 9.49. The van der Waals surface area contributed by atoms with Gasteiger partial charge in [0, 0.05) is 25.9 Å². The molecule has 5 heteroatoms. The van der Waals surface area contributed by atoms with Crippen LogP contribution in [0.3, 0.4) is 0 Å². The van der Waals surface area contributed by atoms with Crippen molar-refractivity contribution in [3.05, 3.63) is 12.2 Å². The van der Waals surface area contributed by atoms with Gasteiger partial charge in [-0.3, -0.25) is 19.3 Å². The van der Waals surface area contributed by atoms with Crippen molar-refractivity contribution >= 4 is 17.7 Å². The second-order valence-electron chi connectivity index (χ2n) is 5.84. The molecule has 1 aliphatic carbocycles. The quantitative estimate of drug-likeness (QED) is 0.563. The average molecular weight is 278 g/mol. The molecular formula is C15H22N2O3. The molecule has 0 aromatic heterocycles. The first-order valence-electron chi connectivity index (χ1n) is 7.24. The minimum atomic E-state index is -0.123. The molecule has 20 heavy (non-hydrogen) atoms. The average Bonchev–Trinajstić information content (AvgIpc) is 3.15. The van der Waals surface area contributed by atoms with Crippen LogP contribution in [0, 0.1) is 11.8 Å². The van der Waals surface area contributed by atoms with Crippen LogP contribution < -0.4 is 5.32 Å². The largest absolute Gasteiger partial charge is 0.356 e. The number of rotatable bonds is 7. The fraction of sp³-hybridized carbons (Fsp3) is 0.667. The molecule has 0 bridgehead atoms. The smallest absolute Gasteiger partial charge is 0.233 e. The summed E-state index contributed by atoms with van der Waals surface area (Å²) in [6.07, 6.45) is 3.38. The first kappa shape index (κ1) is 14.8. The minimum absolute atomic E-state index is 0.0766. The van der Waals surface area contributed by atoms with E-state index in [-0.39, 0.29) is 36.6 Å². The van der Waals surface area contributed by atoms with E-state index < -0.39 is 0 Å². The summed E-state index contributed by atoms with van der Waals surface area (Å²) in [6.45, 7) is 6.44. The highest BCUT2D eigenvalue weighted by Crippen LogP contribution is 2.42. The van der Waals surface area contributed by atoms with Gasteiger partial charge < -0.3 is 5.32 Å². The Kier molecular flexibility index (Phi) is 4.57. The van der Waals surface area contributed by atoms with Gasteiger partial charge in [-0.25, -0.2) is 0 Å². The van der Waals surface area contributed by atoms with Crippen LogP contribution in [0.15, 0.2) is 12.2 Å². The Bertz CT molecular complexity index is 440. The van der Waals surface area contributed by atoms with Crippen LogP contribution in [0.2, 0.25) is 0 Å². The van der Waals surface area contributed by atoms with Crippen LogP contribution in [0.25, 0.3) is 0 Å². The van der Waals surface area contributed by atoms with Crippen molar-refractivity contribution in [2.75, 3.05) is 13.1 Å². The molecule has 0 aromatic rings. The predicted octanol–water partition coefficient (Wildman–Crippen LogP) is 1.24. The number of carbonyl (C=O) groups is 3. The van der Waals surface area contributed by atoms with Crippen molar-refractivity contribution in [3.63, 3.8) is 0 Å². The lowest BCUT2D eigenvalue weighted by Gasteiger charge is -2.14. The summed E-state index contributed by atoms with van der Waals surface area (Å²) in [5.74, 6) is -0.0367. The first-order valence-corrected chi connectivity index (χ1v) is 7.24. The fourth-order valence-electron chi connectivity index (χ4n) is 2.53. The van der Waals surface area contributed by atoms with Crippen LogP contribution in [0.1, 0.15) is 39.0 Å². The van der Waals surface area contributed by atoms with E-state index in [0.29, 0.717) is 18.9 Å². The maximum absolute atomic E-state index is 12.1. The second kappa shape index (κ2) is 6.20. The Hall–Kier alpha value is -1.65. The van der Waals surface area contributed by atoms with Crippen molar-refractivity contribution in [3.8, 4) is 0 Å². The number of nitrogens with one attached hydrogen (secondary N) is 1. The lowest BCUT2D eigenvalue weighted by Crippen LogP contribution is -2.35. The van der Waals surface area contributed by atoms with E-state index >= 15 is 0 Å². The van der Waals surface area contributed by atoms with Gasteiger partial charge in [-0.1, -0.05) is 5.57 Å². The lowest BCUT2D eigenvalue weighted by atomic mass is 10.0. The summed E-state index contributed by atoms with van der Waals surface area (Å²) in [6, 6.07) is 0. The van der Waals surface area contributed by atoms with Crippen molar-refractivity contribution in [2.24, 2.45) is 11.8 Å². The standard InChI is InChI=1S/C15H22N2O3/c1-10(2)5-7-16-13(18)6-8-17-14(19)9-12(15(17)20)11-3-4-11/h11-12H,1,3-9H2,2H3,(H,16,18). The van der Waals surface area contributed by atoms with Gasteiger partial charge in [0.15, 0.2) is 0 Å². The number of imide groups is 1. The summed E-state index contributed by atoms with van der Waals surface area (Å²) in [7, 11) is 0. The minimum Gasteiger partial charge on any atom is -0.356 e. The van der Waals surface area contributed by atoms with Gasteiger partial charge in [-0.15, -0.1) is 6.58 Å². The molecule has 0 radical (unpaired) electrons. The maximum atomic E-state index is 12.1. The topological polar surface area (TPSA) is 66.5 Å². The van der Waals surface area contributed by atoms with Gasteiger partial charge in [0.25, 0.3) is 0 Å². The third-order valence-electron chi connectivity index (χ3n) is 3.91. The Morgan fingerprint density at radius 2 is 2.05 bits per heavy atom. The molecule has 0 spiro atoms. The summed E-state index contributed by atoms with van der Waals surface area (Å²) < 4.78 is 0. The van der Waals surface area contributed by atoms with Crippen LogP contribution in [-0.4, -0.2) is 35.7 Å². The predicted molar refractivity (Wildman–Crippen MR) is 74.6 cm³/mol.